The molecule has 1 saturated heterocycles. The number of amides is 1. The molecule has 1 amide bonds. The van der Waals surface area contributed by atoms with Gasteiger partial charge < -0.3 is 10.6 Å². The van der Waals surface area contributed by atoms with E-state index in [1.807, 2.05) is 14.0 Å². The highest BCUT2D eigenvalue weighted by Gasteiger charge is 2.29. The molecule has 0 radical (unpaired) electrons. The third-order valence-corrected chi connectivity index (χ3v) is 3.41. The monoisotopic (exact) mass is 239 g/mol. The van der Waals surface area contributed by atoms with Gasteiger partial charge >= 0.3 is 0 Å². The fraction of sp³-hybridized carbons (Fsp3) is 0.769. The van der Waals surface area contributed by atoms with Crippen LogP contribution in [0, 0.1) is 0 Å². The molecule has 1 aliphatic rings. The minimum atomic E-state index is -0.0476. The first-order valence-electron chi connectivity index (χ1n) is 6.49. The van der Waals surface area contributed by atoms with Crippen LogP contribution >= 0.6 is 0 Å². The van der Waals surface area contributed by atoms with Gasteiger partial charge in [0.15, 0.2) is 0 Å². The third kappa shape index (κ3) is 4.13. The largest absolute Gasteiger partial charge is 0.351 e. The van der Waals surface area contributed by atoms with Crippen molar-refractivity contribution in [3.63, 3.8) is 0 Å². The van der Waals surface area contributed by atoms with Gasteiger partial charge in [-0.3, -0.25) is 9.69 Å². The molecule has 4 nitrogen and oxygen atoms in total. The van der Waals surface area contributed by atoms with Crippen LogP contribution < -0.4 is 10.6 Å². The van der Waals surface area contributed by atoms with E-state index in [1.54, 1.807) is 6.08 Å². The van der Waals surface area contributed by atoms with Gasteiger partial charge in [0.05, 0.1) is 6.04 Å². The molecule has 1 fully saturated rings. The number of nitrogens with zero attached hydrogens (tertiary/aromatic N) is 1. The lowest BCUT2D eigenvalue weighted by atomic mass is 9.99. The zero-order valence-electron chi connectivity index (χ0n) is 11.0. The molecule has 1 aliphatic heterocycles. The maximum atomic E-state index is 11.9. The van der Waals surface area contributed by atoms with Crippen LogP contribution in [0.15, 0.2) is 12.7 Å². The van der Waals surface area contributed by atoms with Crippen LogP contribution in [-0.4, -0.2) is 49.6 Å². The quantitative estimate of drug-likeness (QED) is 0.672. The van der Waals surface area contributed by atoms with E-state index in [9.17, 15) is 4.79 Å². The maximum absolute atomic E-state index is 11.9. The summed E-state index contributed by atoms with van der Waals surface area (Å²) in [6, 6.07) is 0.437. The number of piperidine rings is 1. The summed E-state index contributed by atoms with van der Waals surface area (Å²) in [5, 5.41) is 6.09. The van der Waals surface area contributed by atoms with E-state index in [4.69, 9.17) is 0 Å². The van der Waals surface area contributed by atoms with Gasteiger partial charge in [-0.05, 0) is 33.4 Å². The van der Waals surface area contributed by atoms with Crippen LogP contribution in [-0.2, 0) is 4.79 Å². The Labute approximate surface area is 104 Å². The Morgan fingerprint density at radius 2 is 2.35 bits per heavy atom. The molecule has 1 rings (SSSR count). The third-order valence-electron chi connectivity index (χ3n) is 3.41. The fourth-order valence-corrected chi connectivity index (χ4v) is 2.46. The minimum Gasteiger partial charge on any atom is -0.351 e. The molecule has 98 valence electrons. The van der Waals surface area contributed by atoms with E-state index in [-0.39, 0.29) is 11.9 Å². The number of likely N-dealkylation sites (tertiary alicyclic amines) is 1. The van der Waals surface area contributed by atoms with Crippen LogP contribution in [0.4, 0.5) is 0 Å². The van der Waals surface area contributed by atoms with Gasteiger partial charge in [0.25, 0.3) is 0 Å². The normalized spacial score (nSPS) is 23.1. The van der Waals surface area contributed by atoms with Crippen molar-refractivity contribution in [1.29, 1.82) is 0 Å². The molecule has 2 atom stereocenters. The number of hydrogen-bond acceptors (Lipinski definition) is 3. The van der Waals surface area contributed by atoms with Crippen LogP contribution in [0.2, 0.25) is 0 Å². The molecule has 0 aromatic rings. The molecule has 2 N–H and O–H groups in total. The first-order valence-corrected chi connectivity index (χ1v) is 6.49. The van der Waals surface area contributed by atoms with E-state index < -0.39 is 0 Å². The number of nitrogens with one attached hydrogen (secondary N) is 2. The van der Waals surface area contributed by atoms with E-state index in [2.05, 4.69) is 22.1 Å². The van der Waals surface area contributed by atoms with Gasteiger partial charge in [0.2, 0.25) is 5.91 Å². The lowest BCUT2D eigenvalue weighted by molar-refractivity contribution is -0.127. The van der Waals surface area contributed by atoms with Gasteiger partial charge in [0, 0.05) is 19.1 Å². The average molecular weight is 239 g/mol. The molecular formula is C13H25N3O. The summed E-state index contributed by atoms with van der Waals surface area (Å²) in [7, 11) is 1.97. The van der Waals surface area contributed by atoms with Crippen molar-refractivity contribution in [2.45, 2.75) is 38.3 Å². The predicted octanol–water partition coefficient (Wildman–Crippen LogP) is 0.751. The number of hydrogen-bond donors (Lipinski definition) is 2. The molecule has 2 unspecified atom stereocenters. The van der Waals surface area contributed by atoms with Crippen LogP contribution in [0.1, 0.15) is 26.2 Å². The Bertz CT molecular complexity index is 253. The number of likely N-dealkylation sites (N-methyl/N-ethyl adjacent to an activating group) is 1. The number of carbonyl (C=O) groups is 1. The van der Waals surface area contributed by atoms with Gasteiger partial charge in [-0.15, -0.1) is 6.58 Å². The van der Waals surface area contributed by atoms with Crippen molar-refractivity contribution >= 4 is 5.91 Å². The van der Waals surface area contributed by atoms with E-state index in [0.29, 0.717) is 12.6 Å². The molecule has 0 bridgehead atoms. The van der Waals surface area contributed by atoms with Gasteiger partial charge in [-0.1, -0.05) is 12.5 Å². The Kier molecular flexibility index (Phi) is 6.22. The maximum Gasteiger partial charge on any atom is 0.237 e. The predicted molar refractivity (Wildman–Crippen MR) is 70.9 cm³/mol. The summed E-state index contributed by atoms with van der Waals surface area (Å²) in [6.45, 7) is 8.13. The van der Waals surface area contributed by atoms with Crippen molar-refractivity contribution in [1.82, 2.24) is 15.5 Å². The molecule has 0 saturated carbocycles. The summed E-state index contributed by atoms with van der Waals surface area (Å²) in [5.74, 6) is 0.105. The number of rotatable bonds is 6. The summed E-state index contributed by atoms with van der Waals surface area (Å²) in [5.41, 5.74) is 0. The highest BCUT2D eigenvalue weighted by Crippen LogP contribution is 2.19. The standard InChI is InChI=1S/C13H25N3O/c1-4-8-15-13(17)11(2)16-9-6-5-7-12(16)10-14-3/h4,11-12,14H,1,5-10H2,2-3H3,(H,15,17). The molecule has 0 aliphatic carbocycles. The van der Waals surface area contributed by atoms with Crippen molar-refractivity contribution in [2.24, 2.45) is 0 Å². The molecule has 4 heteroatoms. The second-order valence-corrected chi connectivity index (χ2v) is 4.65. The highest BCUT2D eigenvalue weighted by molar-refractivity contribution is 5.81. The molecule has 0 spiro atoms. The first-order chi connectivity index (χ1) is 8.20. The first kappa shape index (κ1) is 14.2. The Morgan fingerprint density at radius 1 is 1.59 bits per heavy atom. The van der Waals surface area contributed by atoms with Crippen molar-refractivity contribution < 1.29 is 4.79 Å². The summed E-state index contributed by atoms with van der Waals surface area (Å²) >= 11 is 0. The van der Waals surface area contributed by atoms with Crippen molar-refractivity contribution in [3.05, 3.63) is 12.7 Å². The van der Waals surface area contributed by atoms with Gasteiger partial charge in [0.1, 0.15) is 0 Å². The minimum absolute atomic E-state index is 0.0476. The lowest BCUT2D eigenvalue weighted by Gasteiger charge is -2.39. The molecule has 0 aromatic heterocycles. The highest BCUT2D eigenvalue weighted by atomic mass is 16.2. The SMILES string of the molecule is C=CCNC(=O)C(C)N1CCCCC1CNC. The number of carbonyl (C=O) groups excluding carboxylic acids is 1. The van der Waals surface area contributed by atoms with E-state index in [1.165, 1.54) is 19.3 Å². The average Bonchev–Trinajstić information content (AvgIpc) is 2.36. The molecule has 0 aromatic carbocycles. The smallest absolute Gasteiger partial charge is 0.237 e. The van der Waals surface area contributed by atoms with E-state index in [0.717, 1.165) is 13.1 Å². The zero-order chi connectivity index (χ0) is 12.7. The molecule has 17 heavy (non-hydrogen) atoms. The van der Waals surface area contributed by atoms with Crippen molar-refractivity contribution in [3.8, 4) is 0 Å². The Hall–Kier alpha value is -0.870. The van der Waals surface area contributed by atoms with Crippen LogP contribution in [0.3, 0.4) is 0 Å². The van der Waals surface area contributed by atoms with E-state index >= 15 is 0 Å². The lowest BCUT2D eigenvalue weighted by Crippen LogP contribution is -2.54. The van der Waals surface area contributed by atoms with Crippen molar-refractivity contribution in [2.75, 3.05) is 26.7 Å². The van der Waals surface area contributed by atoms with Gasteiger partial charge in [-0.25, -0.2) is 0 Å². The van der Waals surface area contributed by atoms with Gasteiger partial charge in [-0.2, -0.15) is 0 Å². The second-order valence-electron chi connectivity index (χ2n) is 4.65. The summed E-state index contributed by atoms with van der Waals surface area (Å²) in [4.78, 5) is 14.2. The molecule has 1 heterocycles. The second kappa shape index (κ2) is 7.45. The summed E-state index contributed by atoms with van der Waals surface area (Å²) < 4.78 is 0. The van der Waals surface area contributed by atoms with Crippen LogP contribution in [0.25, 0.3) is 0 Å². The molecular weight excluding hydrogens is 214 g/mol. The Balaban J connectivity index is 2.54. The Morgan fingerprint density at radius 3 is 3.00 bits per heavy atom. The summed E-state index contributed by atoms with van der Waals surface area (Å²) in [6.07, 6.45) is 5.36. The van der Waals surface area contributed by atoms with Crippen LogP contribution in [0.5, 0.6) is 0 Å². The topological polar surface area (TPSA) is 44.4 Å². The fourth-order valence-electron chi connectivity index (χ4n) is 2.46. The zero-order valence-corrected chi connectivity index (χ0v) is 11.0.